The maximum Gasteiger partial charge on any atom is 0.161 e. The van der Waals surface area contributed by atoms with E-state index >= 15 is 0 Å². The van der Waals surface area contributed by atoms with Gasteiger partial charge in [-0.2, -0.15) is 0 Å². The first-order chi connectivity index (χ1) is 7.70. The summed E-state index contributed by atoms with van der Waals surface area (Å²) in [5.74, 6) is 1.55. The number of hydrogen-bond donors (Lipinski definition) is 1. The monoisotopic (exact) mass is 233 g/mol. The first kappa shape index (κ1) is 10.9. The van der Waals surface area contributed by atoms with Crippen molar-refractivity contribution < 1.29 is 0 Å². The number of nitrogens with one attached hydrogen (secondary N) is 1. The fourth-order valence-corrected chi connectivity index (χ4v) is 1.56. The number of benzene rings is 1. The maximum absolute atomic E-state index is 5.83. The molecule has 0 fully saturated rings. The Balaban J connectivity index is 2.44. The predicted molar refractivity (Wildman–Crippen MR) is 66.8 cm³/mol. The van der Waals surface area contributed by atoms with Gasteiger partial charge in [0.2, 0.25) is 0 Å². The average molecular weight is 234 g/mol. The Labute approximate surface area is 99.5 Å². The molecule has 1 aromatic carbocycles. The van der Waals surface area contributed by atoms with Gasteiger partial charge in [-0.1, -0.05) is 11.6 Å². The van der Waals surface area contributed by atoms with Gasteiger partial charge in [0.15, 0.2) is 5.82 Å². The molecule has 0 saturated heterocycles. The number of halogens is 1. The lowest BCUT2D eigenvalue weighted by Gasteiger charge is -2.06. The largest absolute Gasteiger partial charge is 0.373 e. The maximum atomic E-state index is 5.83. The average Bonchev–Trinajstić information content (AvgIpc) is 2.31. The van der Waals surface area contributed by atoms with Gasteiger partial charge in [-0.05, 0) is 31.2 Å². The highest BCUT2D eigenvalue weighted by Gasteiger charge is 2.04. The molecule has 2 rings (SSSR count). The van der Waals surface area contributed by atoms with E-state index in [-0.39, 0.29) is 0 Å². The van der Waals surface area contributed by atoms with E-state index in [1.54, 1.807) is 0 Å². The number of nitrogens with zero attached hydrogens (tertiary/aromatic N) is 2. The fourth-order valence-electron chi connectivity index (χ4n) is 1.43. The molecule has 4 heteroatoms. The standard InChI is InChI=1S/C12H12ClN3/c1-8-7-15-12(16-11(8)14-2)9-3-5-10(13)6-4-9/h3-7H,1-2H3,(H,14,15,16). The van der Waals surface area contributed by atoms with Crippen LogP contribution in [0.1, 0.15) is 5.56 Å². The topological polar surface area (TPSA) is 37.8 Å². The summed E-state index contributed by atoms with van der Waals surface area (Å²) in [6.45, 7) is 1.97. The summed E-state index contributed by atoms with van der Waals surface area (Å²) in [5, 5.41) is 3.75. The number of rotatable bonds is 2. The molecular formula is C12H12ClN3. The van der Waals surface area contributed by atoms with Crippen LogP contribution in [0.15, 0.2) is 30.5 Å². The van der Waals surface area contributed by atoms with Gasteiger partial charge in [-0.15, -0.1) is 0 Å². The van der Waals surface area contributed by atoms with E-state index in [0.29, 0.717) is 10.8 Å². The number of aromatic nitrogens is 2. The molecule has 0 saturated carbocycles. The Morgan fingerprint density at radius 3 is 2.50 bits per heavy atom. The third kappa shape index (κ3) is 2.14. The predicted octanol–water partition coefficient (Wildman–Crippen LogP) is 3.15. The lowest BCUT2D eigenvalue weighted by atomic mass is 10.2. The minimum absolute atomic E-state index is 0.701. The van der Waals surface area contributed by atoms with Crippen molar-refractivity contribution in [3.63, 3.8) is 0 Å². The molecule has 82 valence electrons. The van der Waals surface area contributed by atoms with Crippen LogP contribution in [0.25, 0.3) is 11.4 Å². The van der Waals surface area contributed by atoms with Crippen LogP contribution >= 0.6 is 11.6 Å². The Kier molecular flexibility index (Phi) is 3.06. The summed E-state index contributed by atoms with van der Waals surface area (Å²) in [6.07, 6.45) is 1.81. The van der Waals surface area contributed by atoms with Gasteiger partial charge < -0.3 is 5.32 Å². The zero-order valence-corrected chi connectivity index (χ0v) is 9.92. The molecule has 0 unspecified atom stereocenters. The summed E-state index contributed by atoms with van der Waals surface area (Å²) in [6, 6.07) is 7.48. The van der Waals surface area contributed by atoms with Crippen LogP contribution in [0.3, 0.4) is 0 Å². The van der Waals surface area contributed by atoms with Gasteiger partial charge >= 0.3 is 0 Å². The summed E-state index contributed by atoms with van der Waals surface area (Å²) < 4.78 is 0. The van der Waals surface area contributed by atoms with Crippen LogP contribution < -0.4 is 5.32 Å². The van der Waals surface area contributed by atoms with E-state index in [1.807, 2.05) is 44.4 Å². The van der Waals surface area contributed by atoms with Crippen LogP contribution in [-0.4, -0.2) is 17.0 Å². The Bertz CT molecular complexity index is 494. The molecule has 0 aliphatic carbocycles. The molecule has 1 heterocycles. The lowest BCUT2D eigenvalue weighted by molar-refractivity contribution is 1.13. The van der Waals surface area contributed by atoms with Crippen LogP contribution in [0.4, 0.5) is 5.82 Å². The molecule has 0 aliphatic rings. The zero-order valence-electron chi connectivity index (χ0n) is 9.16. The van der Waals surface area contributed by atoms with Crippen molar-refractivity contribution in [3.05, 3.63) is 41.0 Å². The van der Waals surface area contributed by atoms with E-state index in [2.05, 4.69) is 15.3 Å². The summed E-state index contributed by atoms with van der Waals surface area (Å²) in [5.41, 5.74) is 1.99. The molecular weight excluding hydrogens is 222 g/mol. The van der Waals surface area contributed by atoms with E-state index in [9.17, 15) is 0 Å². The smallest absolute Gasteiger partial charge is 0.161 e. The van der Waals surface area contributed by atoms with Crippen LogP contribution in [0, 0.1) is 6.92 Å². The molecule has 0 spiro atoms. The normalized spacial score (nSPS) is 10.2. The summed E-state index contributed by atoms with van der Waals surface area (Å²) >= 11 is 5.83. The quantitative estimate of drug-likeness (QED) is 0.866. The summed E-state index contributed by atoms with van der Waals surface area (Å²) in [7, 11) is 1.85. The van der Waals surface area contributed by atoms with Crippen molar-refractivity contribution in [1.82, 2.24) is 9.97 Å². The van der Waals surface area contributed by atoms with Gasteiger partial charge in [-0.25, -0.2) is 9.97 Å². The van der Waals surface area contributed by atoms with Crippen molar-refractivity contribution in [2.75, 3.05) is 12.4 Å². The number of hydrogen-bond acceptors (Lipinski definition) is 3. The molecule has 3 nitrogen and oxygen atoms in total. The SMILES string of the molecule is CNc1nc(-c2ccc(Cl)cc2)ncc1C. The highest BCUT2D eigenvalue weighted by molar-refractivity contribution is 6.30. The number of aryl methyl sites for hydroxylation is 1. The highest BCUT2D eigenvalue weighted by Crippen LogP contribution is 2.20. The lowest BCUT2D eigenvalue weighted by Crippen LogP contribution is -1.99. The van der Waals surface area contributed by atoms with Gasteiger partial charge in [0.05, 0.1) is 0 Å². The highest BCUT2D eigenvalue weighted by atomic mass is 35.5. The molecule has 0 atom stereocenters. The molecule has 0 radical (unpaired) electrons. The first-order valence-electron chi connectivity index (χ1n) is 4.98. The van der Waals surface area contributed by atoms with Crippen molar-refractivity contribution in [2.24, 2.45) is 0 Å². The number of anilines is 1. The zero-order chi connectivity index (χ0) is 11.5. The summed E-state index contributed by atoms with van der Waals surface area (Å²) in [4.78, 5) is 8.72. The second-order valence-electron chi connectivity index (χ2n) is 3.48. The fraction of sp³-hybridized carbons (Fsp3) is 0.167. The third-order valence-corrected chi connectivity index (χ3v) is 2.56. The Morgan fingerprint density at radius 1 is 1.19 bits per heavy atom. The van der Waals surface area contributed by atoms with Gasteiger partial charge in [0.25, 0.3) is 0 Å². The van der Waals surface area contributed by atoms with E-state index in [0.717, 1.165) is 16.9 Å². The van der Waals surface area contributed by atoms with E-state index in [1.165, 1.54) is 0 Å². The van der Waals surface area contributed by atoms with Gasteiger partial charge in [0.1, 0.15) is 5.82 Å². The van der Waals surface area contributed by atoms with E-state index < -0.39 is 0 Å². The second-order valence-corrected chi connectivity index (χ2v) is 3.92. The first-order valence-corrected chi connectivity index (χ1v) is 5.36. The van der Waals surface area contributed by atoms with Crippen molar-refractivity contribution in [1.29, 1.82) is 0 Å². The Hall–Kier alpha value is -1.61. The van der Waals surface area contributed by atoms with Crippen molar-refractivity contribution in [2.45, 2.75) is 6.92 Å². The van der Waals surface area contributed by atoms with Crippen LogP contribution in [0.5, 0.6) is 0 Å². The van der Waals surface area contributed by atoms with Gasteiger partial charge in [0, 0.05) is 29.4 Å². The molecule has 2 aromatic rings. The minimum atomic E-state index is 0.701. The second kappa shape index (κ2) is 4.49. The Morgan fingerprint density at radius 2 is 1.88 bits per heavy atom. The molecule has 1 aromatic heterocycles. The third-order valence-electron chi connectivity index (χ3n) is 2.31. The van der Waals surface area contributed by atoms with Crippen LogP contribution in [0.2, 0.25) is 5.02 Å². The van der Waals surface area contributed by atoms with Gasteiger partial charge in [-0.3, -0.25) is 0 Å². The van der Waals surface area contributed by atoms with Crippen LogP contribution in [-0.2, 0) is 0 Å². The molecule has 0 amide bonds. The molecule has 1 N–H and O–H groups in total. The molecule has 0 bridgehead atoms. The van der Waals surface area contributed by atoms with Crippen molar-refractivity contribution in [3.8, 4) is 11.4 Å². The molecule has 0 aliphatic heterocycles. The van der Waals surface area contributed by atoms with E-state index in [4.69, 9.17) is 11.6 Å². The van der Waals surface area contributed by atoms with Crippen molar-refractivity contribution >= 4 is 17.4 Å². The molecule has 16 heavy (non-hydrogen) atoms. The minimum Gasteiger partial charge on any atom is -0.373 e.